The van der Waals surface area contributed by atoms with Crippen LogP contribution in [0.5, 0.6) is 0 Å². The smallest absolute Gasteiger partial charge is 0.257 e. The van der Waals surface area contributed by atoms with Crippen molar-refractivity contribution in [2.24, 2.45) is 5.92 Å². The normalized spacial score (nSPS) is 17.8. The Morgan fingerprint density at radius 2 is 1.80 bits per heavy atom. The maximum absolute atomic E-state index is 12.6. The largest absolute Gasteiger partial charge is 0.372 e. The zero-order valence-electron chi connectivity index (χ0n) is 17.1. The molecule has 1 aliphatic rings. The Labute approximate surface area is 181 Å². The summed E-state index contributed by atoms with van der Waals surface area (Å²) in [4.78, 5) is 27.1. The number of amides is 2. The van der Waals surface area contributed by atoms with E-state index in [-0.39, 0.29) is 22.0 Å². The number of nitrogens with one attached hydrogen (secondary N) is 1. The van der Waals surface area contributed by atoms with E-state index in [1.54, 1.807) is 6.92 Å². The first-order valence-corrected chi connectivity index (χ1v) is 11.7. The summed E-state index contributed by atoms with van der Waals surface area (Å²) in [6, 6.07) is 11.6. The molecule has 3 rings (SSSR count). The van der Waals surface area contributed by atoms with Gasteiger partial charge in [-0.3, -0.25) is 9.59 Å². The quantitative estimate of drug-likeness (QED) is 0.725. The Balaban J connectivity index is 1.79. The molecule has 1 N–H and O–H groups in total. The first-order valence-electron chi connectivity index (χ1n) is 9.70. The second-order valence-corrected chi connectivity index (χ2v) is 9.39. The van der Waals surface area contributed by atoms with E-state index in [9.17, 15) is 18.0 Å². The van der Waals surface area contributed by atoms with Crippen molar-refractivity contribution >= 4 is 50.5 Å². The van der Waals surface area contributed by atoms with Crippen LogP contribution in [0.25, 0.3) is 0 Å². The number of hydrogen-bond donors (Lipinski definition) is 1. The molecule has 7 nitrogen and oxygen atoms in total. The molecular formula is C21H24ClN3O4S. The fourth-order valence-electron chi connectivity index (χ4n) is 3.44. The van der Waals surface area contributed by atoms with E-state index < -0.39 is 27.8 Å². The van der Waals surface area contributed by atoms with Crippen LogP contribution in [0.2, 0.25) is 5.02 Å². The number of nitrogens with zero attached hydrogens (tertiary/aromatic N) is 2. The lowest BCUT2D eigenvalue weighted by Gasteiger charge is -2.21. The van der Waals surface area contributed by atoms with Gasteiger partial charge in [0.15, 0.2) is 0 Å². The highest BCUT2D eigenvalue weighted by Crippen LogP contribution is 2.31. The number of carbonyl (C=O) groups is 2. The molecule has 1 aliphatic heterocycles. The SMILES string of the molecule is CCN(CC)c1ccc(NC(=O)c2ccc(N3C(=O)[C@H](C)CS3(=O)=O)cc2Cl)cc1. The van der Waals surface area contributed by atoms with Crippen molar-refractivity contribution in [3.63, 3.8) is 0 Å². The Bertz CT molecular complexity index is 1070. The van der Waals surface area contributed by atoms with E-state index in [2.05, 4.69) is 24.1 Å². The number of sulfonamides is 1. The van der Waals surface area contributed by atoms with Crippen LogP contribution in [-0.2, 0) is 14.8 Å². The van der Waals surface area contributed by atoms with E-state index in [4.69, 9.17) is 11.6 Å². The van der Waals surface area contributed by atoms with Gasteiger partial charge in [-0.25, -0.2) is 12.7 Å². The summed E-state index contributed by atoms with van der Waals surface area (Å²) in [6.45, 7) is 7.49. The molecule has 0 unspecified atom stereocenters. The molecule has 1 saturated heterocycles. The van der Waals surface area contributed by atoms with Gasteiger partial charge in [0.25, 0.3) is 5.91 Å². The van der Waals surface area contributed by atoms with Crippen molar-refractivity contribution in [3.05, 3.63) is 53.1 Å². The first-order chi connectivity index (χ1) is 14.2. The van der Waals surface area contributed by atoms with E-state index in [1.165, 1.54) is 18.2 Å². The van der Waals surface area contributed by atoms with E-state index in [0.717, 1.165) is 23.1 Å². The van der Waals surface area contributed by atoms with Crippen LogP contribution < -0.4 is 14.5 Å². The molecule has 0 aromatic heterocycles. The highest BCUT2D eigenvalue weighted by atomic mass is 35.5. The topological polar surface area (TPSA) is 86.8 Å². The summed E-state index contributed by atoms with van der Waals surface area (Å²) in [6.07, 6.45) is 0. The van der Waals surface area contributed by atoms with Crippen LogP contribution >= 0.6 is 11.6 Å². The zero-order chi connectivity index (χ0) is 22.1. The molecule has 2 amide bonds. The third-order valence-corrected chi connectivity index (χ3v) is 7.23. The van der Waals surface area contributed by atoms with Crippen LogP contribution in [0.4, 0.5) is 17.1 Å². The van der Waals surface area contributed by atoms with Gasteiger partial charge in [-0.1, -0.05) is 18.5 Å². The van der Waals surface area contributed by atoms with Gasteiger partial charge in [0.1, 0.15) is 0 Å². The van der Waals surface area contributed by atoms with Gasteiger partial charge in [0, 0.05) is 24.5 Å². The van der Waals surface area contributed by atoms with E-state index >= 15 is 0 Å². The molecule has 2 aromatic rings. The van der Waals surface area contributed by atoms with Gasteiger partial charge in [0.2, 0.25) is 15.9 Å². The number of benzene rings is 2. The van der Waals surface area contributed by atoms with E-state index in [0.29, 0.717) is 5.69 Å². The summed E-state index contributed by atoms with van der Waals surface area (Å²) in [7, 11) is -3.73. The first kappa shape index (κ1) is 22.1. The maximum atomic E-state index is 12.6. The van der Waals surface area contributed by atoms with Gasteiger partial charge >= 0.3 is 0 Å². The van der Waals surface area contributed by atoms with Gasteiger partial charge in [-0.05, 0) is 56.3 Å². The third kappa shape index (κ3) is 4.29. The summed E-state index contributed by atoms with van der Waals surface area (Å²) < 4.78 is 25.3. The molecule has 0 spiro atoms. The molecule has 0 bridgehead atoms. The maximum Gasteiger partial charge on any atom is 0.257 e. The number of anilines is 3. The highest BCUT2D eigenvalue weighted by Gasteiger charge is 2.42. The second kappa shape index (κ2) is 8.65. The predicted molar refractivity (Wildman–Crippen MR) is 120 cm³/mol. The molecule has 2 aromatic carbocycles. The lowest BCUT2D eigenvalue weighted by Crippen LogP contribution is -2.30. The lowest BCUT2D eigenvalue weighted by molar-refractivity contribution is -0.119. The zero-order valence-corrected chi connectivity index (χ0v) is 18.6. The molecule has 0 saturated carbocycles. The van der Waals surface area contributed by atoms with Crippen molar-refractivity contribution in [1.29, 1.82) is 0 Å². The molecule has 1 fully saturated rings. The van der Waals surface area contributed by atoms with Crippen LogP contribution in [0, 0.1) is 5.92 Å². The minimum absolute atomic E-state index is 0.0623. The van der Waals surface area contributed by atoms with Crippen molar-refractivity contribution in [2.75, 3.05) is 33.4 Å². The van der Waals surface area contributed by atoms with Crippen molar-refractivity contribution < 1.29 is 18.0 Å². The average molecular weight is 450 g/mol. The summed E-state index contributed by atoms with van der Waals surface area (Å²) in [5.41, 5.74) is 1.99. The van der Waals surface area contributed by atoms with Gasteiger partial charge in [-0.15, -0.1) is 0 Å². The minimum atomic E-state index is -3.73. The number of rotatable bonds is 6. The highest BCUT2D eigenvalue weighted by molar-refractivity contribution is 7.94. The predicted octanol–water partition coefficient (Wildman–Crippen LogP) is 3.75. The van der Waals surface area contributed by atoms with Crippen molar-refractivity contribution in [1.82, 2.24) is 0 Å². The van der Waals surface area contributed by atoms with Crippen LogP contribution in [-0.4, -0.2) is 39.1 Å². The van der Waals surface area contributed by atoms with Crippen LogP contribution in [0.15, 0.2) is 42.5 Å². The van der Waals surface area contributed by atoms with Gasteiger partial charge in [-0.2, -0.15) is 0 Å². The number of carbonyl (C=O) groups excluding carboxylic acids is 2. The monoisotopic (exact) mass is 449 g/mol. The molecule has 30 heavy (non-hydrogen) atoms. The van der Waals surface area contributed by atoms with Gasteiger partial charge in [0.05, 0.1) is 27.9 Å². The molecule has 9 heteroatoms. The average Bonchev–Trinajstić information content (AvgIpc) is 2.90. The van der Waals surface area contributed by atoms with E-state index in [1.807, 2.05) is 24.3 Å². The molecule has 160 valence electrons. The Kier molecular flexibility index (Phi) is 6.38. The Hall–Kier alpha value is -2.58. The third-order valence-electron chi connectivity index (χ3n) is 5.05. The Morgan fingerprint density at radius 1 is 1.17 bits per heavy atom. The molecule has 1 heterocycles. The molecular weight excluding hydrogens is 426 g/mol. The van der Waals surface area contributed by atoms with Crippen molar-refractivity contribution in [3.8, 4) is 0 Å². The molecule has 0 radical (unpaired) electrons. The summed E-state index contributed by atoms with van der Waals surface area (Å²) in [5.74, 6) is -1.78. The fourth-order valence-corrected chi connectivity index (χ4v) is 5.52. The number of halogens is 1. The lowest BCUT2D eigenvalue weighted by atomic mass is 10.1. The minimum Gasteiger partial charge on any atom is -0.372 e. The Morgan fingerprint density at radius 3 is 2.30 bits per heavy atom. The van der Waals surface area contributed by atoms with Crippen LogP contribution in [0.1, 0.15) is 31.1 Å². The van der Waals surface area contributed by atoms with Crippen LogP contribution in [0.3, 0.4) is 0 Å². The number of hydrogen-bond acceptors (Lipinski definition) is 5. The molecule has 1 atom stereocenters. The summed E-state index contributed by atoms with van der Waals surface area (Å²) in [5, 5.41) is 2.84. The van der Waals surface area contributed by atoms with Crippen molar-refractivity contribution in [2.45, 2.75) is 20.8 Å². The summed E-state index contributed by atoms with van der Waals surface area (Å²) >= 11 is 6.25. The van der Waals surface area contributed by atoms with Gasteiger partial charge < -0.3 is 10.2 Å². The second-order valence-electron chi connectivity index (χ2n) is 7.12. The standard InChI is InChI=1S/C21H24ClN3O4S/c1-4-24(5-2)16-8-6-15(7-9-16)23-20(26)18-11-10-17(12-19(18)22)25-21(27)14(3)13-30(25,28)29/h6-12,14H,4-5,13H2,1-3H3,(H,23,26)/t14-/m1/s1. The fraction of sp³-hybridized carbons (Fsp3) is 0.333. The molecule has 0 aliphatic carbocycles.